The third-order valence-electron chi connectivity index (χ3n) is 0. The fourth-order valence-electron chi connectivity index (χ4n) is 0. The molecule has 0 aliphatic carbocycles. The second kappa shape index (κ2) is 0. The Morgan fingerprint density at radius 2 is 0.333 bits per heavy atom. The monoisotopic (exact) mass is 100 g/mol. The maximum atomic E-state index is 0. The van der Waals surface area contributed by atoms with Gasteiger partial charge < -0.3 is 0 Å². The molecule has 0 aliphatic heterocycles. The molecule has 0 aromatic rings. The summed E-state index contributed by atoms with van der Waals surface area (Å²) in [5.41, 5.74) is 0. The van der Waals surface area contributed by atoms with Crippen LogP contribution < -0.4 is 0 Å². The molecular formula is C6H26. The van der Waals surface area contributed by atoms with Crippen LogP contribution in [0.15, 0.2) is 0 Å². The third kappa shape index (κ3) is 0. The lowest BCUT2D eigenvalue weighted by Crippen LogP contribution is 0.143. The van der Waals surface area contributed by atoms with E-state index in [9.17, 15) is 0 Å². The smallest absolute Gasteiger partial charge is 0 e. The molecule has 0 aliphatic rings. The van der Waals surface area contributed by atoms with Gasteiger partial charge in [0.1, 0.15) is 0 Å². The highest BCUT2D eigenvalue weighted by Gasteiger charge is -0.0726. The molecule has 0 radical (unpaired) electrons. The normalized spacial score (nSPS) is 0. The maximum absolute atomic E-state index is 0. The van der Waals surface area contributed by atoms with Gasteiger partial charge in [-0.3, -0.25) is 0 Å². The van der Waals surface area contributed by atoms with E-state index in [2.05, 4.69) is 0 Å². The molecule has 0 amide bonds. The minimum atomic E-state index is 0. The van der Waals surface area contributed by atoms with Crippen molar-refractivity contribution in [3.05, 3.63) is 0 Å². The average molecular weight is 100 g/mol. The average Bonchev–Trinajstić information content (AvgIpc) is 0. The maximum Gasteiger partial charge on any atom is 0 e. The van der Waals surface area contributed by atoms with Crippen LogP contribution in [0.1, 0.15) is 46.0 Å². The van der Waals surface area contributed by atoms with Gasteiger partial charge in [0.15, 0.2) is 0 Å². The third-order valence-corrected chi connectivity index (χ3v) is 0. The van der Waals surface area contributed by atoms with Crippen LogP contribution >= 0.6 is 0 Å². The van der Waals surface area contributed by atoms with Gasteiger partial charge in [-0.05, 0) is 0 Å². The molecule has 0 nitrogen and oxygen atoms in total. The van der Waals surface area contributed by atoms with Crippen LogP contribution in [0, 0.1) is 0 Å². The number of rotatable bonds is 0. The topological polar surface area (TPSA) is 0 Å². The first-order chi connectivity index (χ1) is 0. The summed E-state index contributed by atoms with van der Waals surface area (Å²) in [6.45, 7) is 0. The van der Waals surface area contributed by atoms with Crippen LogP contribution in [-0.2, 0) is 0 Å². The summed E-state index contributed by atoms with van der Waals surface area (Å²) in [5, 5.41) is 0. The molecule has 0 aromatic heterocycles. The molecule has 0 N–H and O–H groups in total. The lowest BCUT2D eigenvalue weighted by molar-refractivity contribution is 2.50. The van der Waals surface area contributed by atoms with E-state index < -0.39 is 0 Å². The van der Waals surface area contributed by atoms with Crippen molar-refractivity contribution in [2.45, 2.75) is 44.6 Å². The molecule has 0 heteroatoms. The van der Waals surface area contributed by atoms with Crippen LogP contribution in [0.4, 0.5) is 0 Å². The minimum absolute atomic E-state index is 0. The Balaban J connectivity index is 0. The van der Waals surface area contributed by atoms with Crippen molar-refractivity contribution in [1.82, 2.24) is 0 Å². The number of hydrogen-bond acceptors (Lipinski definition) is 0. The van der Waals surface area contributed by atoms with Crippen molar-refractivity contribution in [3.63, 3.8) is 0 Å². The van der Waals surface area contributed by atoms with Gasteiger partial charge in [-0.15, -0.1) is 0 Å². The van der Waals surface area contributed by atoms with Crippen molar-refractivity contribution >= 4 is 0 Å². The first-order valence-corrected chi connectivity index (χ1v) is 0. The van der Waals surface area contributed by atoms with Crippen LogP contribution in [0.5, 0.6) is 0 Å². The van der Waals surface area contributed by atoms with E-state index in [1.54, 1.807) is 0 Å². The van der Waals surface area contributed by atoms with Crippen molar-refractivity contribution in [1.29, 1.82) is 0 Å². The molecular weight excluding hydrogens is 72.1 g/mol. The predicted molar refractivity (Wildman–Crippen MR) is 42.5 cm³/mol. The highest BCUT2D eigenvalue weighted by atomic mass is 12.0. The van der Waals surface area contributed by atoms with Gasteiger partial charge in [0.05, 0.1) is 0 Å². The lowest BCUT2D eigenvalue weighted by Gasteiger charge is -0.0786. The van der Waals surface area contributed by atoms with E-state index in [-0.39, 0.29) is 46.0 Å². The Hall–Kier alpha value is 0. The second-order valence-corrected chi connectivity index (χ2v) is 0. The summed E-state index contributed by atoms with van der Waals surface area (Å²) in [6.07, 6.45) is 0. The zero-order chi connectivity index (χ0) is 0. The Bertz CT molecular complexity index is 4.14. The van der Waals surface area contributed by atoms with Gasteiger partial charge in [0.2, 0.25) is 0 Å². The van der Waals surface area contributed by atoms with Crippen LogP contribution in [0.2, 0.25) is 0 Å². The van der Waals surface area contributed by atoms with Gasteiger partial charge in [0.25, 0.3) is 0 Å². The zero-order valence-electron chi connectivity index (χ0n) is 0. The van der Waals surface area contributed by atoms with Crippen LogP contribution in [0.25, 0.3) is 0 Å². The standard InChI is InChI=1S/6CH4.H2/h6*1H4;1H/i;;;;;;1+2. The molecule has 0 fully saturated rings. The van der Waals surface area contributed by atoms with E-state index in [1.807, 2.05) is 0 Å². The summed E-state index contributed by atoms with van der Waals surface area (Å²) >= 11 is 0. The van der Waals surface area contributed by atoms with E-state index in [0.29, 0.717) is 0 Å². The molecule has 0 aromatic carbocycles. The van der Waals surface area contributed by atoms with E-state index >= 15 is 0 Å². The molecule has 0 saturated heterocycles. The second-order valence-electron chi connectivity index (χ2n) is 0. The van der Waals surface area contributed by atoms with Gasteiger partial charge >= 0.3 is 0 Å². The molecule has 0 atom stereocenters. The number of hydrogen-bond donors (Lipinski definition) is 0. The summed E-state index contributed by atoms with van der Waals surface area (Å²) in [7, 11) is 0. The van der Waals surface area contributed by atoms with Crippen molar-refractivity contribution in [2.75, 3.05) is 0 Å². The SMILES string of the molecule is C.C.C.C.C.C.[3HH]. The Kier molecular flexibility index (Phi) is 0. The van der Waals surface area contributed by atoms with Crippen molar-refractivity contribution in [2.24, 2.45) is 0 Å². The van der Waals surface area contributed by atoms with Crippen molar-refractivity contribution < 1.29 is 1.43 Å². The molecule has 0 spiro atoms. The van der Waals surface area contributed by atoms with Gasteiger partial charge in [-0.1, -0.05) is 44.6 Å². The Morgan fingerprint density at radius 1 is 0.333 bits per heavy atom. The van der Waals surface area contributed by atoms with Gasteiger partial charge in [-0.25, -0.2) is 0 Å². The molecule has 0 saturated carbocycles. The predicted octanol–water partition coefficient (Wildman–Crippen LogP) is 4.06. The fourth-order valence-corrected chi connectivity index (χ4v) is 0. The van der Waals surface area contributed by atoms with E-state index in [0.717, 1.165) is 0 Å². The molecule has 0 heterocycles. The van der Waals surface area contributed by atoms with Gasteiger partial charge in [-0.2, -0.15) is 0 Å². The first-order valence-electron chi connectivity index (χ1n) is 0. The summed E-state index contributed by atoms with van der Waals surface area (Å²) in [4.78, 5) is 0. The first kappa shape index (κ1) is 0. The molecule has 50 valence electrons. The Morgan fingerprint density at radius 3 is 0.333 bits per heavy atom. The highest BCUT2D eigenvalue weighted by Crippen LogP contribution is 0.149. The zero-order valence-corrected chi connectivity index (χ0v) is 0. The summed E-state index contributed by atoms with van der Waals surface area (Å²) < 4.78 is 0. The molecule has 0 unspecified atom stereocenters. The molecule has 0 bridgehead atoms. The van der Waals surface area contributed by atoms with Crippen molar-refractivity contribution in [3.8, 4) is 0 Å². The van der Waals surface area contributed by atoms with Crippen LogP contribution in [-0.4, -0.2) is 0 Å². The quantitative estimate of drug-likeness (QED) is 0.430. The lowest BCUT2D eigenvalue weighted by atomic mass is 12.0. The van der Waals surface area contributed by atoms with Crippen LogP contribution in [0.3, 0.4) is 0 Å². The molecule has 6 heavy (non-hydrogen) atoms. The molecule has 0 rings (SSSR count). The van der Waals surface area contributed by atoms with E-state index in [1.165, 1.54) is 0 Å². The highest BCUT2D eigenvalue weighted by molar-refractivity contribution is 2.51. The fraction of sp³-hybridized carbons (Fsp3) is 1.00. The minimum Gasteiger partial charge on any atom is -0.0776 e. The summed E-state index contributed by atoms with van der Waals surface area (Å²) in [5.74, 6) is 0. The largest absolute Gasteiger partial charge is 0.0776 e. The summed E-state index contributed by atoms with van der Waals surface area (Å²) in [6, 6.07) is 0. The van der Waals surface area contributed by atoms with Gasteiger partial charge in [0, 0.05) is 1.43 Å². The Labute approximate surface area is 47.1 Å². The van der Waals surface area contributed by atoms with E-state index in [4.69, 9.17) is 0 Å².